The van der Waals surface area contributed by atoms with Gasteiger partial charge in [-0.1, -0.05) is 6.42 Å². The molecule has 1 aromatic carbocycles. The van der Waals surface area contributed by atoms with Gasteiger partial charge >= 0.3 is 5.97 Å². The van der Waals surface area contributed by atoms with Crippen molar-refractivity contribution in [3.05, 3.63) is 33.8 Å². The molecule has 1 saturated carbocycles. The number of carbonyl (C=O) groups is 1. The second kappa shape index (κ2) is 3.80. The number of hydrogen-bond acceptors (Lipinski definition) is 1. The molecule has 1 aliphatic carbocycles. The van der Waals surface area contributed by atoms with Crippen LogP contribution in [0.4, 0.5) is 8.78 Å². The summed E-state index contributed by atoms with van der Waals surface area (Å²) < 4.78 is 26.7. The third-order valence-electron chi connectivity index (χ3n) is 3.14. The highest BCUT2D eigenvalue weighted by atomic mass is 79.9. The molecule has 0 amide bonds. The maximum absolute atomic E-state index is 13.6. The first-order valence-corrected chi connectivity index (χ1v) is 5.65. The Kier molecular flexibility index (Phi) is 2.74. The Hall–Kier alpha value is -0.970. The van der Waals surface area contributed by atoms with Crippen LogP contribution in [-0.4, -0.2) is 11.1 Å². The standard InChI is InChI=1S/C11H9BrF2O2/c12-7-4-6(8(13)5-9(7)14)11(10(15)16)2-1-3-11/h4-5H,1-3H2,(H,15,16). The molecule has 86 valence electrons. The van der Waals surface area contributed by atoms with Crippen LogP contribution < -0.4 is 0 Å². The maximum atomic E-state index is 13.6. The van der Waals surface area contributed by atoms with E-state index in [0.29, 0.717) is 12.8 Å². The van der Waals surface area contributed by atoms with Gasteiger partial charge in [0.1, 0.15) is 11.6 Å². The van der Waals surface area contributed by atoms with Crippen molar-refractivity contribution in [1.29, 1.82) is 0 Å². The number of benzene rings is 1. The Morgan fingerprint density at radius 2 is 1.94 bits per heavy atom. The number of rotatable bonds is 2. The van der Waals surface area contributed by atoms with Gasteiger partial charge in [-0.3, -0.25) is 4.79 Å². The van der Waals surface area contributed by atoms with E-state index < -0.39 is 23.0 Å². The maximum Gasteiger partial charge on any atom is 0.314 e. The molecule has 16 heavy (non-hydrogen) atoms. The van der Waals surface area contributed by atoms with Crippen LogP contribution in [-0.2, 0) is 10.2 Å². The van der Waals surface area contributed by atoms with E-state index >= 15 is 0 Å². The molecule has 0 aromatic heterocycles. The van der Waals surface area contributed by atoms with Gasteiger partial charge in [0.15, 0.2) is 0 Å². The van der Waals surface area contributed by atoms with E-state index in [0.717, 1.165) is 12.5 Å². The molecule has 5 heteroatoms. The summed E-state index contributed by atoms with van der Waals surface area (Å²) >= 11 is 2.94. The predicted octanol–water partition coefficient (Wildman–Crippen LogP) is 3.23. The van der Waals surface area contributed by atoms with Crippen molar-refractivity contribution in [1.82, 2.24) is 0 Å². The predicted molar refractivity (Wildman–Crippen MR) is 57.2 cm³/mol. The molecule has 1 aliphatic rings. The van der Waals surface area contributed by atoms with Gasteiger partial charge in [-0.05, 0) is 34.8 Å². The van der Waals surface area contributed by atoms with E-state index in [9.17, 15) is 13.6 Å². The zero-order valence-electron chi connectivity index (χ0n) is 8.27. The minimum absolute atomic E-state index is 0.0690. The lowest BCUT2D eigenvalue weighted by atomic mass is 9.64. The van der Waals surface area contributed by atoms with Crippen molar-refractivity contribution in [2.75, 3.05) is 0 Å². The minimum Gasteiger partial charge on any atom is -0.481 e. The SMILES string of the molecule is O=C(O)C1(c2cc(Br)c(F)cc2F)CCC1. The molecule has 1 fully saturated rings. The Morgan fingerprint density at radius 3 is 2.38 bits per heavy atom. The summed E-state index contributed by atoms with van der Waals surface area (Å²) in [6, 6.07) is 1.96. The van der Waals surface area contributed by atoms with Crippen LogP contribution in [0.3, 0.4) is 0 Å². The van der Waals surface area contributed by atoms with Gasteiger partial charge in [-0.15, -0.1) is 0 Å². The van der Waals surface area contributed by atoms with Crippen molar-refractivity contribution >= 4 is 21.9 Å². The van der Waals surface area contributed by atoms with Gasteiger partial charge in [0.2, 0.25) is 0 Å². The summed E-state index contributed by atoms with van der Waals surface area (Å²) in [6.45, 7) is 0. The molecular formula is C11H9BrF2O2. The fourth-order valence-electron chi connectivity index (χ4n) is 2.02. The third kappa shape index (κ3) is 1.54. The normalized spacial score (nSPS) is 17.9. The first-order valence-electron chi connectivity index (χ1n) is 4.86. The van der Waals surface area contributed by atoms with Crippen LogP contribution in [0.25, 0.3) is 0 Å². The molecule has 0 aliphatic heterocycles. The van der Waals surface area contributed by atoms with Crippen molar-refractivity contribution in [2.45, 2.75) is 24.7 Å². The molecular weight excluding hydrogens is 282 g/mol. The summed E-state index contributed by atoms with van der Waals surface area (Å²) in [5.41, 5.74) is -1.10. The highest BCUT2D eigenvalue weighted by Crippen LogP contribution is 2.45. The monoisotopic (exact) mass is 290 g/mol. The molecule has 0 atom stereocenters. The van der Waals surface area contributed by atoms with Gasteiger partial charge < -0.3 is 5.11 Å². The Bertz CT molecular complexity index is 456. The van der Waals surface area contributed by atoms with Gasteiger partial charge in [0.05, 0.1) is 9.89 Å². The fourth-order valence-corrected chi connectivity index (χ4v) is 2.36. The molecule has 0 unspecified atom stereocenters. The van der Waals surface area contributed by atoms with Crippen molar-refractivity contribution in [3.63, 3.8) is 0 Å². The van der Waals surface area contributed by atoms with Crippen molar-refractivity contribution in [2.24, 2.45) is 0 Å². The zero-order valence-corrected chi connectivity index (χ0v) is 9.85. The summed E-state index contributed by atoms with van der Waals surface area (Å²) in [5.74, 6) is -2.56. The Labute approximate surface area is 99.4 Å². The minimum atomic E-state index is -1.17. The van der Waals surface area contributed by atoms with E-state index in [-0.39, 0.29) is 10.0 Å². The average molecular weight is 291 g/mol. The molecule has 0 radical (unpaired) electrons. The van der Waals surface area contributed by atoms with Crippen LogP contribution in [0.5, 0.6) is 0 Å². The van der Waals surface area contributed by atoms with E-state index in [1.54, 1.807) is 0 Å². The number of aliphatic carboxylic acids is 1. The quantitative estimate of drug-likeness (QED) is 0.849. The van der Waals surface area contributed by atoms with Crippen LogP contribution in [0, 0.1) is 11.6 Å². The second-order valence-corrected chi connectivity index (χ2v) is 4.84. The lowest BCUT2D eigenvalue weighted by Crippen LogP contribution is -2.43. The second-order valence-electron chi connectivity index (χ2n) is 3.99. The third-order valence-corrected chi connectivity index (χ3v) is 3.75. The lowest BCUT2D eigenvalue weighted by Gasteiger charge is -2.38. The smallest absolute Gasteiger partial charge is 0.314 e. The summed E-state index contributed by atoms with van der Waals surface area (Å²) in [5, 5.41) is 9.15. The summed E-state index contributed by atoms with van der Waals surface area (Å²) in [6.07, 6.45) is 1.55. The van der Waals surface area contributed by atoms with E-state index in [4.69, 9.17) is 5.11 Å². The first kappa shape index (κ1) is 11.5. The van der Waals surface area contributed by atoms with Crippen LogP contribution in [0.1, 0.15) is 24.8 Å². The number of carboxylic acid groups (broad SMARTS) is 1. The van der Waals surface area contributed by atoms with Gasteiger partial charge in [0, 0.05) is 11.6 Å². The largest absolute Gasteiger partial charge is 0.481 e. The molecule has 0 saturated heterocycles. The molecule has 2 nitrogen and oxygen atoms in total. The zero-order chi connectivity index (χ0) is 11.9. The Balaban J connectivity index is 2.55. The van der Waals surface area contributed by atoms with Gasteiger partial charge in [0.25, 0.3) is 0 Å². The number of halogens is 3. The van der Waals surface area contributed by atoms with Crippen LogP contribution in [0.2, 0.25) is 0 Å². The molecule has 0 spiro atoms. The summed E-state index contributed by atoms with van der Waals surface area (Å²) in [7, 11) is 0. The van der Waals surface area contributed by atoms with E-state index in [2.05, 4.69) is 15.9 Å². The van der Waals surface area contributed by atoms with Crippen LogP contribution >= 0.6 is 15.9 Å². The molecule has 0 bridgehead atoms. The molecule has 1 N–H and O–H groups in total. The Morgan fingerprint density at radius 1 is 1.31 bits per heavy atom. The lowest BCUT2D eigenvalue weighted by molar-refractivity contribution is -0.147. The highest BCUT2D eigenvalue weighted by molar-refractivity contribution is 9.10. The topological polar surface area (TPSA) is 37.3 Å². The fraction of sp³-hybridized carbons (Fsp3) is 0.364. The molecule has 2 rings (SSSR count). The van der Waals surface area contributed by atoms with E-state index in [1.165, 1.54) is 6.07 Å². The highest BCUT2D eigenvalue weighted by Gasteiger charge is 2.47. The molecule has 0 heterocycles. The molecule has 1 aromatic rings. The van der Waals surface area contributed by atoms with Crippen molar-refractivity contribution in [3.8, 4) is 0 Å². The van der Waals surface area contributed by atoms with Crippen LogP contribution in [0.15, 0.2) is 16.6 Å². The van der Waals surface area contributed by atoms with Gasteiger partial charge in [-0.2, -0.15) is 0 Å². The average Bonchev–Trinajstić information content (AvgIpc) is 2.11. The number of hydrogen-bond donors (Lipinski definition) is 1. The van der Waals surface area contributed by atoms with E-state index in [1.807, 2.05) is 0 Å². The van der Waals surface area contributed by atoms with Gasteiger partial charge in [-0.25, -0.2) is 8.78 Å². The van der Waals surface area contributed by atoms with Crippen molar-refractivity contribution < 1.29 is 18.7 Å². The number of carboxylic acids is 1. The summed E-state index contributed by atoms with van der Waals surface area (Å²) in [4.78, 5) is 11.2. The first-order chi connectivity index (χ1) is 7.47.